The van der Waals surface area contributed by atoms with E-state index < -0.39 is 16.3 Å². The Hall–Kier alpha value is -2.44. The minimum Gasteiger partial charge on any atom is -0.490 e. The van der Waals surface area contributed by atoms with E-state index in [2.05, 4.69) is 0 Å². The van der Waals surface area contributed by atoms with E-state index in [0.29, 0.717) is 41.0 Å². The van der Waals surface area contributed by atoms with E-state index in [-0.39, 0.29) is 19.0 Å². The lowest BCUT2D eigenvalue weighted by atomic mass is 10.1. The van der Waals surface area contributed by atoms with Crippen molar-refractivity contribution in [1.29, 1.82) is 0 Å². The molecule has 2 saturated heterocycles. The van der Waals surface area contributed by atoms with Crippen LogP contribution in [0.5, 0.6) is 11.5 Å². The fraction of sp³-hybridized carbons (Fsp3) is 0.304. The van der Waals surface area contributed by atoms with E-state index in [9.17, 15) is 17.8 Å². The molecule has 2 aliphatic rings. The number of hydrogen-bond donors (Lipinski definition) is 1. The largest absolute Gasteiger partial charge is 0.490 e. The van der Waals surface area contributed by atoms with Gasteiger partial charge in [0.25, 0.3) is 5.91 Å². The average Bonchev–Trinajstić information content (AvgIpc) is 3.39. The molecule has 1 N–H and O–H groups in total. The Morgan fingerprint density at radius 3 is 2.56 bits per heavy atom. The second kappa shape index (κ2) is 10.9. The molecule has 2 aromatic rings. The van der Waals surface area contributed by atoms with Crippen molar-refractivity contribution < 1.29 is 27.2 Å². The maximum absolute atomic E-state index is 13.1. The molecule has 0 bridgehead atoms. The second-order valence-electron chi connectivity index (χ2n) is 7.72. The smallest absolute Gasteiger partial charge is 0.336 e. The molecule has 0 spiro atoms. The van der Waals surface area contributed by atoms with Crippen LogP contribution >= 0.6 is 24.0 Å². The van der Waals surface area contributed by atoms with Crippen LogP contribution in [0.4, 0.5) is 0 Å². The molecule has 4 rings (SSSR count). The predicted octanol–water partition coefficient (Wildman–Crippen LogP) is 3.61. The van der Waals surface area contributed by atoms with Crippen molar-refractivity contribution >= 4 is 50.6 Å². The number of benzene rings is 2. The van der Waals surface area contributed by atoms with Crippen molar-refractivity contribution in [2.45, 2.75) is 18.9 Å². The molecule has 1 atom stereocenters. The van der Waals surface area contributed by atoms with E-state index >= 15 is 0 Å². The first kappa shape index (κ1) is 24.7. The summed E-state index contributed by atoms with van der Waals surface area (Å²) in [5, 5.41) is 0. The number of thioether (sulfide) groups is 1. The van der Waals surface area contributed by atoms with Crippen molar-refractivity contribution in [3.63, 3.8) is 0 Å². The third-order valence-corrected chi connectivity index (χ3v) is 7.90. The van der Waals surface area contributed by atoms with Gasteiger partial charge in [-0.3, -0.25) is 14.2 Å². The zero-order valence-corrected chi connectivity index (χ0v) is 20.7. The lowest BCUT2D eigenvalue weighted by Crippen LogP contribution is -2.44. The molecule has 2 heterocycles. The van der Waals surface area contributed by atoms with Gasteiger partial charge in [-0.2, -0.15) is 12.7 Å². The normalized spacial score (nSPS) is 20.3. The van der Waals surface area contributed by atoms with Gasteiger partial charge < -0.3 is 9.47 Å². The summed E-state index contributed by atoms with van der Waals surface area (Å²) in [6, 6.07) is 16.3. The molecular weight excluding hydrogens is 496 g/mol. The van der Waals surface area contributed by atoms with Crippen LogP contribution in [-0.4, -0.2) is 64.7 Å². The highest BCUT2D eigenvalue weighted by atomic mass is 32.2. The molecule has 2 fully saturated rings. The monoisotopic (exact) mass is 520 g/mol. The van der Waals surface area contributed by atoms with Crippen LogP contribution in [0.25, 0.3) is 6.08 Å². The van der Waals surface area contributed by atoms with E-state index in [1.807, 2.05) is 54.6 Å². The van der Waals surface area contributed by atoms with Gasteiger partial charge in [-0.1, -0.05) is 60.4 Å². The summed E-state index contributed by atoms with van der Waals surface area (Å²) in [7, 11) is -4.32. The molecule has 0 saturated carbocycles. The quantitative estimate of drug-likeness (QED) is 0.232. The third-order valence-electron chi connectivity index (χ3n) is 5.44. The summed E-state index contributed by atoms with van der Waals surface area (Å²) in [6.07, 6.45) is 2.90. The highest BCUT2D eigenvalue weighted by molar-refractivity contribution is 8.26. The fourth-order valence-electron chi connectivity index (χ4n) is 3.86. The van der Waals surface area contributed by atoms with Gasteiger partial charge in [-0.25, -0.2) is 0 Å². The zero-order valence-electron chi connectivity index (χ0n) is 18.2. The SMILES string of the molecule is O=C1/C(=C/c2ccccc2OCCOc2ccccc2)SC(=S)N1CC1CCCN1S(=O)(=O)O. The average molecular weight is 521 g/mol. The van der Waals surface area contributed by atoms with Crippen LogP contribution in [0.15, 0.2) is 59.5 Å². The summed E-state index contributed by atoms with van der Waals surface area (Å²) in [5.41, 5.74) is 0.725. The van der Waals surface area contributed by atoms with Gasteiger partial charge in [0.2, 0.25) is 0 Å². The topological polar surface area (TPSA) is 96.4 Å². The van der Waals surface area contributed by atoms with Crippen molar-refractivity contribution in [2.24, 2.45) is 0 Å². The Balaban J connectivity index is 1.41. The molecular formula is C23H24N2O6S3. The second-order valence-corrected chi connectivity index (χ2v) is 10.8. The van der Waals surface area contributed by atoms with Crippen LogP contribution in [0.1, 0.15) is 18.4 Å². The number of para-hydroxylation sites is 2. The predicted molar refractivity (Wildman–Crippen MR) is 135 cm³/mol. The first-order valence-corrected chi connectivity index (χ1v) is 13.3. The molecule has 180 valence electrons. The number of thiocarbonyl (C=S) groups is 1. The molecule has 0 aromatic heterocycles. The van der Waals surface area contributed by atoms with Crippen LogP contribution in [0.2, 0.25) is 0 Å². The number of ether oxygens (including phenoxy) is 2. The molecule has 8 nitrogen and oxygen atoms in total. The van der Waals surface area contributed by atoms with Gasteiger partial charge >= 0.3 is 10.3 Å². The van der Waals surface area contributed by atoms with Crippen LogP contribution in [-0.2, 0) is 15.1 Å². The summed E-state index contributed by atoms with van der Waals surface area (Å²) in [4.78, 5) is 14.9. The lowest BCUT2D eigenvalue weighted by molar-refractivity contribution is -0.122. The van der Waals surface area contributed by atoms with Crippen LogP contribution in [0.3, 0.4) is 0 Å². The van der Waals surface area contributed by atoms with Gasteiger partial charge in [-0.15, -0.1) is 0 Å². The third kappa shape index (κ3) is 5.97. The highest BCUT2D eigenvalue weighted by Gasteiger charge is 2.39. The van der Waals surface area contributed by atoms with Crippen LogP contribution in [0, 0.1) is 0 Å². The van der Waals surface area contributed by atoms with E-state index in [4.69, 9.17) is 21.7 Å². The Morgan fingerprint density at radius 1 is 1.09 bits per heavy atom. The van der Waals surface area contributed by atoms with Crippen LogP contribution < -0.4 is 9.47 Å². The number of rotatable bonds is 9. The Kier molecular flexibility index (Phi) is 7.89. The minimum atomic E-state index is -4.32. The fourth-order valence-corrected chi connectivity index (χ4v) is 6.04. The zero-order chi connectivity index (χ0) is 24.1. The van der Waals surface area contributed by atoms with Crippen molar-refractivity contribution in [3.05, 3.63) is 65.1 Å². The van der Waals surface area contributed by atoms with Crippen molar-refractivity contribution in [3.8, 4) is 11.5 Å². The summed E-state index contributed by atoms with van der Waals surface area (Å²) in [5.74, 6) is 1.08. The van der Waals surface area contributed by atoms with Crippen molar-refractivity contribution in [2.75, 3.05) is 26.3 Å². The van der Waals surface area contributed by atoms with Gasteiger partial charge in [-0.05, 0) is 37.1 Å². The first-order valence-electron chi connectivity index (χ1n) is 10.7. The number of carbonyl (C=O) groups excluding carboxylic acids is 1. The van der Waals surface area contributed by atoms with E-state index in [0.717, 1.165) is 27.4 Å². The van der Waals surface area contributed by atoms with Gasteiger partial charge in [0, 0.05) is 24.7 Å². The van der Waals surface area contributed by atoms with E-state index in [1.165, 1.54) is 4.90 Å². The molecule has 34 heavy (non-hydrogen) atoms. The molecule has 11 heteroatoms. The minimum absolute atomic E-state index is 0.108. The Labute approximate surface area is 208 Å². The van der Waals surface area contributed by atoms with E-state index in [1.54, 1.807) is 6.08 Å². The molecule has 1 unspecified atom stereocenters. The Morgan fingerprint density at radius 2 is 1.79 bits per heavy atom. The number of nitrogens with zero attached hydrogens (tertiary/aromatic N) is 2. The van der Waals surface area contributed by atoms with Gasteiger partial charge in [0.1, 0.15) is 29.0 Å². The summed E-state index contributed by atoms with van der Waals surface area (Å²) >= 11 is 6.55. The highest BCUT2D eigenvalue weighted by Crippen LogP contribution is 2.35. The maximum atomic E-state index is 13.1. The lowest BCUT2D eigenvalue weighted by Gasteiger charge is -2.25. The Bertz CT molecular complexity index is 1190. The molecule has 1 amide bonds. The van der Waals surface area contributed by atoms with Crippen molar-refractivity contribution in [1.82, 2.24) is 9.21 Å². The number of hydrogen-bond acceptors (Lipinski definition) is 7. The van der Waals surface area contributed by atoms with Gasteiger partial charge in [0.15, 0.2) is 0 Å². The standard InChI is InChI=1S/C23H24N2O6S3/c26-22-21(33-23(32)24(22)16-18-8-6-12-25(18)34(27,28)29)15-17-7-4-5-11-20(17)31-14-13-30-19-9-2-1-3-10-19/h1-5,7,9-11,15,18H,6,8,12-14,16H2,(H,27,28,29)/b21-15-. The van der Waals surface area contributed by atoms with Gasteiger partial charge in [0.05, 0.1) is 4.91 Å². The molecule has 0 radical (unpaired) electrons. The number of amides is 1. The summed E-state index contributed by atoms with van der Waals surface area (Å²) < 4.78 is 45.6. The number of carbonyl (C=O) groups is 1. The molecule has 0 aliphatic carbocycles. The summed E-state index contributed by atoms with van der Waals surface area (Å²) in [6.45, 7) is 1.03. The molecule has 2 aliphatic heterocycles. The first-order chi connectivity index (χ1) is 16.3. The maximum Gasteiger partial charge on any atom is 0.336 e. The molecule has 2 aromatic carbocycles.